The summed E-state index contributed by atoms with van der Waals surface area (Å²) in [6.45, 7) is 2.87. The molecule has 0 aromatic heterocycles. The van der Waals surface area contributed by atoms with Gasteiger partial charge in [-0.1, -0.05) is 19.1 Å². The van der Waals surface area contributed by atoms with Gasteiger partial charge in [-0.05, 0) is 18.6 Å². The number of hydrogen-bond acceptors (Lipinski definition) is 1. The Morgan fingerprint density at radius 3 is 2.73 bits per heavy atom. The molecule has 0 aliphatic rings. The second kappa shape index (κ2) is 3.96. The maximum atomic E-state index is 12.9. The number of anilines is 1. The van der Waals surface area contributed by atoms with Gasteiger partial charge in [0.2, 0.25) is 0 Å². The number of hydrogen-bond donors (Lipinski definition) is 1. The van der Waals surface area contributed by atoms with Crippen molar-refractivity contribution in [3.63, 3.8) is 0 Å². The van der Waals surface area contributed by atoms with Gasteiger partial charge in [-0.25, -0.2) is 4.39 Å². The van der Waals surface area contributed by atoms with Gasteiger partial charge in [0.15, 0.2) is 0 Å². The Hall–Kier alpha value is -1.05. The largest absolute Gasteiger partial charge is 0.383 e. The lowest BCUT2D eigenvalue weighted by atomic mass is 10.3. The van der Waals surface area contributed by atoms with E-state index in [-0.39, 0.29) is 5.82 Å². The molecule has 0 saturated carbocycles. The molecule has 1 aromatic carbocycles. The predicted molar refractivity (Wildman–Crippen MR) is 45.2 cm³/mol. The molecule has 0 unspecified atom stereocenters. The highest BCUT2D eigenvalue weighted by atomic mass is 19.1. The Kier molecular flexibility index (Phi) is 2.90. The van der Waals surface area contributed by atoms with Gasteiger partial charge in [-0.2, -0.15) is 0 Å². The Morgan fingerprint density at radius 1 is 1.36 bits per heavy atom. The van der Waals surface area contributed by atoms with Crippen LogP contribution in [-0.2, 0) is 0 Å². The Balaban J connectivity index is 2.62. The molecule has 11 heavy (non-hydrogen) atoms. The van der Waals surface area contributed by atoms with Crippen molar-refractivity contribution in [1.82, 2.24) is 0 Å². The van der Waals surface area contributed by atoms with Gasteiger partial charge < -0.3 is 5.32 Å². The zero-order chi connectivity index (χ0) is 8.10. The van der Waals surface area contributed by atoms with Crippen LogP contribution in [0.3, 0.4) is 0 Å². The Morgan fingerprint density at radius 2 is 2.09 bits per heavy atom. The number of para-hydroxylation sites is 1. The van der Waals surface area contributed by atoms with E-state index in [2.05, 4.69) is 5.32 Å². The molecule has 0 heterocycles. The number of halogens is 1. The van der Waals surface area contributed by atoms with E-state index in [1.165, 1.54) is 6.07 Å². The van der Waals surface area contributed by atoms with Crippen LogP contribution in [0.15, 0.2) is 24.3 Å². The standard InChI is InChI=1S/C9H12FN/c1-2-7-11-9-6-4-3-5-8(9)10/h3-6,11H,2,7H2,1H3. The second-order valence-corrected chi connectivity index (χ2v) is 2.41. The summed E-state index contributed by atoms with van der Waals surface area (Å²) in [6.07, 6.45) is 1.01. The maximum Gasteiger partial charge on any atom is 0.146 e. The number of rotatable bonds is 3. The lowest BCUT2D eigenvalue weighted by molar-refractivity contribution is 0.630. The molecular weight excluding hydrogens is 141 g/mol. The summed E-state index contributed by atoms with van der Waals surface area (Å²) in [5.41, 5.74) is 0.592. The van der Waals surface area contributed by atoms with Crippen LogP contribution in [0, 0.1) is 5.82 Å². The average Bonchev–Trinajstić information content (AvgIpc) is 2.03. The van der Waals surface area contributed by atoms with Crippen LogP contribution in [-0.4, -0.2) is 6.54 Å². The molecule has 0 spiro atoms. The molecule has 1 aromatic rings. The fourth-order valence-corrected chi connectivity index (χ4v) is 0.864. The van der Waals surface area contributed by atoms with E-state index in [4.69, 9.17) is 0 Å². The van der Waals surface area contributed by atoms with Crippen molar-refractivity contribution >= 4 is 5.69 Å². The van der Waals surface area contributed by atoms with Crippen LogP contribution in [0.5, 0.6) is 0 Å². The zero-order valence-corrected chi connectivity index (χ0v) is 6.60. The third-order valence-electron chi connectivity index (χ3n) is 1.44. The van der Waals surface area contributed by atoms with Crippen molar-refractivity contribution < 1.29 is 4.39 Å². The van der Waals surface area contributed by atoms with Crippen LogP contribution in [0.1, 0.15) is 13.3 Å². The number of nitrogens with one attached hydrogen (secondary N) is 1. The summed E-state index contributed by atoms with van der Waals surface area (Å²) in [5.74, 6) is -0.180. The summed E-state index contributed by atoms with van der Waals surface area (Å²) in [7, 11) is 0. The monoisotopic (exact) mass is 153 g/mol. The first-order chi connectivity index (χ1) is 5.34. The highest BCUT2D eigenvalue weighted by Crippen LogP contribution is 2.11. The molecule has 0 atom stereocenters. The van der Waals surface area contributed by atoms with E-state index >= 15 is 0 Å². The van der Waals surface area contributed by atoms with Crippen LogP contribution in [0.4, 0.5) is 10.1 Å². The van der Waals surface area contributed by atoms with E-state index in [1.54, 1.807) is 12.1 Å². The van der Waals surface area contributed by atoms with Crippen molar-refractivity contribution in [3.05, 3.63) is 30.1 Å². The first-order valence-electron chi connectivity index (χ1n) is 3.83. The van der Waals surface area contributed by atoms with Gasteiger partial charge in [0.25, 0.3) is 0 Å². The molecule has 1 rings (SSSR count). The molecule has 1 N–H and O–H groups in total. The van der Waals surface area contributed by atoms with Crippen molar-refractivity contribution in [1.29, 1.82) is 0 Å². The highest BCUT2D eigenvalue weighted by molar-refractivity contribution is 5.43. The SMILES string of the molecule is CCCNc1ccccc1F. The molecule has 0 saturated heterocycles. The van der Waals surface area contributed by atoms with Crippen LogP contribution >= 0.6 is 0 Å². The third kappa shape index (κ3) is 2.22. The van der Waals surface area contributed by atoms with E-state index in [9.17, 15) is 4.39 Å². The lowest BCUT2D eigenvalue weighted by Gasteiger charge is -2.04. The molecule has 1 nitrogen and oxygen atoms in total. The predicted octanol–water partition coefficient (Wildman–Crippen LogP) is 2.65. The molecule has 0 aliphatic carbocycles. The molecule has 0 fully saturated rings. The second-order valence-electron chi connectivity index (χ2n) is 2.41. The van der Waals surface area contributed by atoms with E-state index in [1.807, 2.05) is 13.0 Å². The zero-order valence-electron chi connectivity index (χ0n) is 6.60. The molecular formula is C9H12FN. The smallest absolute Gasteiger partial charge is 0.146 e. The van der Waals surface area contributed by atoms with Crippen molar-refractivity contribution in [2.24, 2.45) is 0 Å². The van der Waals surface area contributed by atoms with Crippen molar-refractivity contribution in [2.75, 3.05) is 11.9 Å². The van der Waals surface area contributed by atoms with E-state index in [0.29, 0.717) is 5.69 Å². The van der Waals surface area contributed by atoms with E-state index in [0.717, 1.165) is 13.0 Å². The minimum atomic E-state index is -0.180. The molecule has 60 valence electrons. The number of benzene rings is 1. The summed E-state index contributed by atoms with van der Waals surface area (Å²) >= 11 is 0. The van der Waals surface area contributed by atoms with Gasteiger partial charge in [-0.3, -0.25) is 0 Å². The molecule has 0 amide bonds. The molecule has 0 bridgehead atoms. The van der Waals surface area contributed by atoms with Gasteiger partial charge in [-0.15, -0.1) is 0 Å². The van der Waals surface area contributed by atoms with Crippen LogP contribution < -0.4 is 5.32 Å². The Labute approximate surface area is 66.2 Å². The fraction of sp³-hybridized carbons (Fsp3) is 0.333. The van der Waals surface area contributed by atoms with E-state index < -0.39 is 0 Å². The maximum absolute atomic E-state index is 12.9. The van der Waals surface area contributed by atoms with Gasteiger partial charge in [0.1, 0.15) is 5.82 Å². The summed E-state index contributed by atoms with van der Waals surface area (Å²) in [5, 5.41) is 2.99. The average molecular weight is 153 g/mol. The Bertz CT molecular complexity index is 223. The van der Waals surface area contributed by atoms with Gasteiger partial charge in [0, 0.05) is 6.54 Å². The first-order valence-corrected chi connectivity index (χ1v) is 3.83. The fourth-order valence-electron chi connectivity index (χ4n) is 0.864. The minimum absolute atomic E-state index is 0.180. The molecule has 0 aliphatic heterocycles. The topological polar surface area (TPSA) is 12.0 Å². The summed E-state index contributed by atoms with van der Waals surface area (Å²) < 4.78 is 12.9. The first kappa shape index (κ1) is 8.05. The highest BCUT2D eigenvalue weighted by Gasteiger charge is 1.96. The summed E-state index contributed by atoms with van der Waals surface area (Å²) in [4.78, 5) is 0. The van der Waals surface area contributed by atoms with Crippen LogP contribution in [0.2, 0.25) is 0 Å². The van der Waals surface area contributed by atoms with Gasteiger partial charge >= 0.3 is 0 Å². The van der Waals surface area contributed by atoms with Crippen molar-refractivity contribution in [3.8, 4) is 0 Å². The molecule has 0 radical (unpaired) electrons. The van der Waals surface area contributed by atoms with Crippen molar-refractivity contribution in [2.45, 2.75) is 13.3 Å². The quantitative estimate of drug-likeness (QED) is 0.703. The van der Waals surface area contributed by atoms with Gasteiger partial charge in [0.05, 0.1) is 5.69 Å². The lowest BCUT2D eigenvalue weighted by Crippen LogP contribution is -2.01. The van der Waals surface area contributed by atoms with Crippen LogP contribution in [0.25, 0.3) is 0 Å². The summed E-state index contributed by atoms with van der Waals surface area (Å²) in [6, 6.07) is 6.70. The third-order valence-corrected chi connectivity index (χ3v) is 1.44. The molecule has 2 heteroatoms. The normalized spacial score (nSPS) is 9.64. The minimum Gasteiger partial charge on any atom is -0.383 e.